The summed E-state index contributed by atoms with van der Waals surface area (Å²) in [6, 6.07) is 8.18. The predicted octanol–water partition coefficient (Wildman–Crippen LogP) is 2.56. The van der Waals surface area contributed by atoms with Crippen LogP contribution in [0, 0.1) is 0 Å². The van der Waals surface area contributed by atoms with Crippen molar-refractivity contribution in [2.75, 3.05) is 24.5 Å². The lowest BCUT2D eigenvalue weighted by Gasteiger charge is -2.26. The van der Waals surface area contributed by atoms with Crippen molar-refractivity contribution in [2.24, 2.45) is 0 Å². The molecule has 0 radical (unpaired) electrons. The number of nitrogens with one attached hydrogen (secondary N) is 1. The Balaban J connectivity index is 1.51. The van der Waals surface area contributed by atoms with E-state index >= 15 is 0 Å². The Labute approximate surface area is 187 Å². The number of benzene rings is 1. The first-order chi connectivity index (χ1) is 14.9. The smallest absolute Gasteiger partial charge is 0.243 e. The quantitative estimate of drug-likeness (QED) is 0.716. The highest BCUT2D eigenvalue weighted by molar-refractivity contribution is 7.89. The van der Waals surface area contributed by atoms with E-state index in [1.165, 1.54) is 21.0 Å². The number of thiophene rings is 1. The number of sulfonamides is 1. The van der Waals surface area contributed by atoms with Crippen molar-refractivity contribution < 1.29 is 18.0 Å². The Kier molecular flexibility index (Phi) is 6.45. The molecule has 1 atom stereocenters. The summed E-state index contributed by atoms with van der Waals surface area (Å²) in [5.41, 5.74) is 1.33. The number of fused-ring (bicyclic) bond motifs is 1. The number of amides is 2. The van der Waals surface area contributed by atoms with Gasteiger partial charge in [-0.05, 0) is 54.5 Å². The summed E-state index contributed by atoms with van der Waals surface area (Å²) in [4.78, 5) is 28.1. The molecule has 0 bridgehead atoms. The molecule has 0 aliphatic carbocycles. The number of rotatable bonds is 6. The fourth-order valence-electron chi connectivity index (χ4n) is 4.32. The lowest BCUT2D eigenvalue weighted by Crippen LogP contribution is -2.47. The summed E-state index contributed by atoms with van der Waals surface area (Å²) in [7, 11) is -3.57. The largest absolute Gasteiger partial charge is 0.354 e. The maximum atomic E-state index is 13.0. The van der Waals surface area contributed by atoms with E-state index < -0.39 is 16.1 Å². The van der Waals surface area contributed by atoms with E-state index in [1.54, 1.807) is 29.5 Å². The third-order valence-electron chi connectivity index (χ3n) is 5.88. The summed E-state index contributed by atoms with van der Waals surface area (Å²) in [6.07, 6.45) is 3.84. The van der Waals surface area contributed by atoms with Crippen molar-refractivity contribution in [1.82, 2.24) is 9.62 Å². The molecule has 166 valence electrons. The topological polar surface area (TPSA) is 86.8 Å². The zero-order valence-corrected chi connectivity index (χ0v) is 19.2. The van der Waals surface area contributed by atoms with Crippen LogP contribution in [-0.4, -0.2) is 50.2 Å². The van der Waals surface area contributed by atoms with Crippen LogP contribution in [0.2, 0.25) is 0 Å². The molecule has 4 rings (SSSR count). The number of carbonyl (C=O) groups excluding carboxylic acids is 2. The fourth-order valence-corrected chi connectivity index (χ4v) is 6.60. The molecule has 1 fully saturated rings. The molecule has 9 heteroatoms. The minimum Gasteiger partial charge on any atom is -0.354 e. The zero-order chi connectivity index (χ0) is 22.0. The van der Waals surface area contributed by atoms with Crippen molar-refractivity contribution in [3.8, 4) is 0 Å². The second-order valence-corrected chi connectivity index (χ2v) is 11.0. The van der Waals surface area contributed by atoms with Crippen LogP contribution >= 0.6 is 11.3 Å². The van der Waals surface area contributed by atoms with Crippen LogP contribution in [0.4, 0.5) is 5.69 Å². The van der Waals surface area contributed by atoms with Gasteiger partial charge in [-0.1, -0.05) is 12.5 Å². The van der Waals surface area contributed by atoms with E-state index in [1.807, 2.05) is 17.5 Å². The van der Waals surface area contributed by atoms with E-state index in [0.29, 0.717) is 37.3 Å². The Hall–Kier alpha value is -2.23. The number of carbonyl (C=O) groups is 2. The lowest BCUT2D eigenvalue weighted by molar-refractivity contribution is -0.125. The van der Waals surface area contributed by atoms with Crippen molar-refractivity contribution in [3.63, 3.8) is 0 Å². The second-order valence-electron chi connectivity index (χ2n) is 7.98. The molecule has 3 heterocycles. The highest BCUT2D eigenvalue weighted by atomic mass is 32.2. The number of hydrogen-bond acceptors (Lipinski definition) is 5. The van der Waals surface area contributed by atoms with Gasteiger partial charge in [-0.3, -0.25) is 14.5 Å². The van der Waals surface area contributed by atoms with Crippen LogP contribution < -0.4 is 10.2 Å². The Morgan fingerprint density at radius 2 is 1.94 bits per heavy atom. The summed E-state index contributed by atoms with van der Waals surface area (Å²) in [5.74, 6) is -0.452. The first-order valence-corrected chi connectivity index (χ1v) is 12.9. The fraction of sp³-hybridized carbons (Fsp3) is 0.455. The Bertz CT molecular complexity index is 1060. The summed E-state index contributed by atoms with van der Waals surface area (Å²) < 4.78 is 27.6. The van der Waals surface area contributed by atoms with Crippen LogP contribution in [0.25, 0.3) is 0 Å². The molecule has 1 saturated heterocycles. The van der Waals surface area contributed by atoms with Crippen LogP contribution in [0.5, 0.6) is 0 Å². The van der Waals surface area contributed by atoms with Gasteiger partial charge in [-0.15, -0.1) is 11.3 Å². The second kappa shape index (κ2) is 9.10. The molecule has 2 amide bonds. The summed E-state index contributed by atoms with van der Waals surface area (Å²) in [5, 5.41) is 4.92. The normalized spacial score (nSPS) is 19.3. The predicted molar refractivity (Wildman–Crippen MR) is 121 cm³/mol. The molecular formula is C22H27N3O4S2. The van der Waals surface area contributed by atoms with Crippen LogP contribution in [-0.2, 0) is 32.5 Å². The molecule has 0 spiro atoms. The SMILES string of the molecule is CC(=O)N1c2ccc(S(=O)(=O)N3CCCCC3)cc2C[C@@H]1C(=O)NCCc1cccs1. The van der Waals surface area contributed by atoms with Gasteiger partial charge >= 0.3 is 0 Å². The molecule has 1 aromatic heterocycles. The van der Waals surface area contributed by atoms with Gasteiger partial charge < -0.3 is 5.32 Å². The van der Waals surface area contributed by atoms with Gasteiger partial charge in [-0.2, -0.15) is 4.31 Å². The van der Waals surface area contributed by atoms with Gasteiger partial charge in [0.25, 0.3) is 0 Å². The first-order valence-electron chi connectivity index (χ1n) is 10.6. The van der Waals surface area contributed by atoms with E-state index in [4.69, 9.17) is 0 Å². The molecule has 0 saturated carbocycles. The average molecular weight is 462 g/mol. The maximum Gasteiger partial charge on any atom is 0.243 e. The molecule has 31 heavy (non-hydrogen) atoms. The number of anilines is 1. The number of piperidine rings is 1. The molecule has 1 aromatic carbocycles. The molecule has 1 N–H and O–H groups in total. The third kappa shape index (κ3) is 4.53. The van der Waals surface area contributed by atoms with Crippen molar-refractivity contribution in [2.45, 2.75) is 50.0 Å². The number of nitrogens with zero attached hydrogens (tertiary/aromatic N) is 2. The molecule has 2 aliphatic rings. The van der Waals surface area contributed by atoms with Gasteiger partial charge in [-0.25, -0.2) is 8.42 Å². The standard InChI is InChI=1S/C22H27N3O4S2/c1-16(26)25-20-8-7-19(31(28,29)24-11-3-2-4-12-24)14-17(20)15-21(25)22(27)23-10-9-18-6-5-13-30-18/h5-8,13-14,21H,2-4,9-12,15H2,1H3,(H,23,27)/t21-/m1/s1. The van der Waals surface area contributed by atoms with E-state index in [2.05, 4.69) is 5.32 Å². The maximum absolute atomic E-state index is 13.0. The zero-order valence-electron chi connectivity index (χ0n) is 17.5. The Morgan fingerprint density at radius 3 is 2.61 bits per heavy atom. The monoisotopic (exact) mass is 461 g/mol. The van der Waals surface area contributed by atoms with Gasteiger partial charge in [0.15, 0.2) is 0 Å². The number of hydrogen-bond donors (Lipinski definition) is 1. The van der Waals surface area contributed by atoms with Crippen LogP contribution in [0.1, 0.15) is 36.6 Å². The minimum absolute atomic E-state index is 0.219. The highest BCUT2D eigenvalue weighted by Crippen LogP contribution is 2.35. The van der Waals surface area contributed by atoms with Gasteiger partial charge in [0.2, 0.25) is 21.8 Å². The van der Waals surface area contributed by atoms with Crippen molar-refractivity contribution in [1.29, 1.82) is 0 Å². The third-order valence-corrected chi connectivity index (χ3v) is 8.71. The van der Waals surface area contributed by atoms with Crippen molar-refractivity contribution in [3.05, 3.63) is 46.2 Å². The lowest BCUT2D eigenvalue weighted by atomic mass is 10.1. The average Bonchev–Trinajstić information content (AvgIpc) is 3.41. The van der Waals surface area contributed by atoms with Crippen molar-refractivity contribution >= 4 is 38.9 Å². The summed E-state index contributed by atoms with van der Waals surface area (Å²) >= 11 is 1.64. The molecule has 0 unspecified atom stereocenters. The molecule has 2 aromatic rings. The first kappa shape index (κ1) is 22.0. The molecule has 2 aliphatic heterocycles. The van der Waals surface area contributed by atoms with Gasteiger partial charge in [0.05, 0.1) is 4.90 Å². The van der Waals surface area contributed by atoms with E-state index in [-0.39, 0.29) is 16.7 Å². The Morgan fingerprint density at radius 1 is 1.16 bits per heavy atom. The highest BCUT2D eigenvalue weighted by Gasteiger charge is 2.38. The van der Waals surface area contributed by atoms with Crippen LogP contribution in [0.3, 0.4) is 0 Å². The molecular weight excluding hydrogens is 434 g/mol. The molecule has 7 nitrogen and oxygen atoms in total. The van der Waals surface area contributed by atoms with Crippen LogP contribution in [0.15, 0.2) is 40.6 Å². The van der Waals surface area contributed by atoms with E-state index in [9.17, 15) is 18.0 Å². The van der Waals surface area contributed by atoms with Gasteiger partial charge in [0.1, 0.15) is 6.04 Å². The minimum atomic E-state index is -3.57. The van der Waals surface area contributed by atoms with Gasteiger partial charge in [0, 0.05) is 43.5 Å². The van der Waals surface area contributed by atoms with E-state index in [0.717, 1.165) is 25.7 Å². The summed E-state index contributed by atoms with van der Waals surface area (Å²) in [6.45, 7) is 2.99.